The van der Waals surface area contributed by atoms with Crippen molar-refractivity contribution in [3.8, 4) is 16.3 Å². The fourth-order valence-electron chi connectivity index (χ4n) is 2.56. The predicted octanol–water partition coefficient (Wildman–Crippen LogP) is 4.69. The normalized spacial score (nSPS) is 11.7. The summed E-state index contributed by atoms with van der Waals surface area (Å²) in [7, 11) is 1.59. The number of rotatable bonds is 6. The number of benzene rings is 2. The zero-order valence-electron chi connectivity index (χ0n) is 15.6. The third kappa shape index (κ3) is 4.26. The van der Waals surface area contributed by atoms with Gasteiger partial charge in [0.2, 0.25) is 5.78 Å². The van der Waals surface area contributed by atoms with Gasteiger partial charge in [0.05, 0.1) is 12.8 Å². The average molecular weight is 399 g/mol. The van der Waals surface area contributed by atoms with Crippen LogP contribution in [-0.2, 0) is 4.74 Å². The van der Waals surface area contributed by atoms with Gasteiger partial charge in [-0.3, -0.25) is 4.79 Å². The lowest BCUT2D eigenvalue weighted by molar-refractivity contribution is 0.0322. The molecule has 3 aromatic rings. The number of Topliss-reactive ketones (excluding diaryl/α,β-unsaturated/α-hetero) is 1. The number of nitrogens with zero attached hydrogens (tertiary/aromatic N) is 1. The summed E-state index contributed by atoms with van der Waals surface area (Å²) < 4.78 is 23.5. The first-order chi connectivity index (χ1) is 13.4. The largest absolute Gasteiger partial charge is 0.497 e. The molecule has 0 unspecified atom stereocenters. The van der Waals surface area contributed by atoms with Crippen molar-refractivity contribution in [2.75, 3.05) is 7.11 Å². The molecule has 0 fully saturated rings. The first-order valence-electron chi connectivity index (χ1n) is 8.51. The standard InChI is InChI=1S/C21H18FNO4S/c1-12-19(28-20(23-12)15-6-10-17(26-3)11-7-15)21(25)27-13(2)18(24)14-4-8-16(22)9-5-14/h4-11,13H,1-3H3/t13-/m1/s1. The molecule has 0 bridgehead atoms. The fraction of sp³-hybridized carbons (Fsp3) is 0.190. The number of thiazole rings is 1. The maximum atomic E-state index is 13.0. The topological polar surface area (TPSA) is 65.5 Å². The molecule has 3 rings (SSSR count). The van der Waals surface area contributed by atoms with E-state index in [9.17, 15) is 14.0 Å². The summed E-state index contributed by atoms with van der Waals surface area (Å²) in [5.74, 6) is -0.721. The van der Waals surface area contributed by atoms with Gasteiger partial charge in [-0.1, -0.05) is 0 Å². The maximum absolute atomic E-state index is 13.0. The van der Waals surface area contributed by atoms with Gasteiger partial charge in [0.15, 0.2) is 6.10 Å². The molecule has 1 aromatic heterocycles. The molecule has 0 aliphatic carbocycles. The number of carbonyl (C=O) groups excluding carboxylic acids is 2. The Morgan fingerprint density at radius 2 is 1.71 bits per heavy atom. The van der Waals surface area contributed by atoms with Crippen molar-refractivity contribution in [1.82, 2.24) is 4.98 Å². The van der Waals surface area contributed by atoms with Crippen LogP contribution in [-0.4, -0.2) is 30.0 Å². The van der Waals surface area contributed by atoms with E-state index in [4.69, 9.17) is 9.47 Å². The Morgan fingerprint density at radius 1 is 1.07 bits per heavy atom. The van der Waals surface area contributed by atoms with Crippen molar-refractivity contribution in [2.45, 2.75) is 20.0 Å². The number of ketones is 1. The summed E-state index contributed by atoms with van der Waals surface area (Å²) in [5, 5.41) is 0.671. The summed E-state index contributed by atoms with van der Waals surface area (Å²) in [6, 6.07) is 12.4. The molecule has 0 saturated heterocycles. The molecular formula is C21H18FNO4S. The molecule has 1 heterocycles. The fourth-order valence-corrected chi connectivity index (χ4v) is 3.51. The SMILES string of the molecule is COc1ccc(-c2nc(C)c(C(=O)O[C@H](C)C(=O)c3ccc(F)cc3)s2)cc1. The Bertz CT molecular complexity index is 996. The average Bonchev–Trinajstić information content (AvgIpc) is 3.09. The molecule has 0 N–H and O–H groups in total. The highest BCUT2D eigenvalue weighted by Gasteiger charge is 2.24. The van der Waals surface area contributed by atoms with Gasteiger partial charge in [-0.15, -0.1) is 11.3 Å². The first kappa shape index (κ1) is 19.7. The molecule has 7 heteroatoms. The van der Waals surface area contributed by atoms with Gasteiger partial charge in [-0.25, -0.2) is 14.2 Å². The molecular weight excluding hydrogens is 381 g/mol. The van der Waals surface area contributed by atoms with Crippen LogP contribution in [0.4, 0.5) is 4.39 Å². The van der Waals surface area contributed by atoms with E-state index in [2.05, 4.69) is 4.98 Å². The van der Waals surface area contributed by atoms with Gasteiger partial charge >= 0.3 is 5.97 Å². The van der Waals surface area contributed by atoms with E-state index < -0.39 is 23.7 Å². The molecule has 0 saturated carbocycles. The van der Waals surface area contributed by atoms with Crippen molar-refractivity contribution >= 4 is 23.1 Å². The van der Waals surface area contributed by atoms with Gasteiger partial charge in [-0.05, 0) is 62.4 Å². The highest BCUT2D eigenvalue weighted by Crippen LogP contribution is 2.30. The summed E-state index contributed by atoms with van der Waals surface area (Å²) in [5.41, 5.74) is 1.66. The zero-order valence-corrected chi connectivity index (χ0v) is 16.4. The van der Waals surface area contributed by atoms with Crippen LogP contribution < -0.4 is 4.74 Å². The summed E-state index contributed by atoms with van der Waals surface area (Å²) in [6.45, 7) is 3.21. The number of aryl methyl sites for hydroxylation is 1. The van der Waals surface area contributed by atoms with Crippen molar-refractivity contribution in [3.05, 3.63) is 70.5 Å². The second-order valence-electron chi connectivity index (χ2n) is 6.08. The monoisotopic (exact) mass is 399 g/mol. The van der Waals surface area contributed by atoms with Crippen LogP contribution in [0.3, 0.4) is 0 Å². The smallest absolute Gasteiger partial charge is 0.350 e. The number of hydrogen-bond donors (Lipinski definition) is 0. The van der Waals surface area contributed by atoms with E-state index in [1.54, 1.807) is 14.0 Å². The minimum absolute atomic E-state index is 0.279. The number of hydrogen-bond acceptors (Lipinski definition) is 6. The van der Waals surface area contributed by atoms with E-state index in [1.165, 1.54) is 42.5 Å². The minimum Gasteiger partial charge on any atom is -0.497 e. The van der Waals surface area contributed by atoms with E-state index in [0.717, 1.165) is 11.3 Å². The molecule has 0 radical (unpaired) electrons. The maximum Gasteiger partial charge on any atom is 0.350 e. The Morgan fingerprint density at radius 3 is 2.32 bits per heavy atom. The Labute approximate surface area is 165 Å². The second-order valence-corrected chi connectivity index (χ2v) is 7.08. The third-order valence-electron chi connectivity index (χ3n) is 4.10. The van der Waals surface area contributed by atoms with Crippen LogP contribution in [0.25, 0.3) is 10.6 Å². The summed E-state index contributed by atoms with van der Waals surface area (Å²) in [4.78, 5) is 29.7. The summed E-state index contributed by atoms with van der Waals surface area (Å²) in [6.07, 6.45) is -0.996. The van der Waals surface area contributed by atoms with Gasteiger partial charge in [0, 0.05) is 11.1 Å². The van der Waals surface area contributed by atoms with Crippen LogP contribution in [0.5, 0.6) is 5.75 Å². The molecule has 0 aliphatic heterocycles. The number of ether oxygens (including phenoxy) is 2. The number of aromatic nitrogens is 1. The highest BCUT2D eigenvalue weighted by atomic mass is 32.1. The van der Waals surface area contributed by atoms with Crippen molar-refractivity contribution in [1.29, 1.82) is 0 Å². The molecule has 5 nitrogen and oxygen atoms in total. The molecule has 28 heavy (non-hydrogen) atoms. The predicted molar refractivity (Wildman–Crippen MR) is 104 cm³/mol. The molecule has 0 amide bonds. The molecule has 144 valence electrons. The van der Waals surface area contributed by atoms with Crippen molar-refractivity contribution in [2.24, 2.45) is 0 Å². The number of halogens is 1. The lowest BCUT2D eigenvalue weighted by Gasteiger charge is -2.11. The molecule has 1 atom stereocenters. The van der Waals surface area contributed by atoms with Crippen LogP contribution in [0.15, 0.2) is 48.5 Å². The summed E-state index contributed by atoms with van der Waals surface area (Å²) >= 11 is 1.20. The molecule has 2 aromatic carbocycles. The van der Waals surface area contributed by atoms with Crippen LogP contribution in [0.2, 0.25) is 0 Å². The second kappa shape index (κ2) is 8.31. The lowest BCUT2D eigenvalue weighted by atomic mass is 10.1. The van der Waals surface area contributed by atoms with Gasteiger partial charge in [0.25, 0.3) is 0 Å². The van der Waals surface area contributed by atoms with Crippen molar-refractivity contribution < 1.29 is 23.5 Å². The first-order valence-corrected chi connectivity index (χ1v) is 9.33. The Balaban J connectivity index is 1.74. The van der Waals surface area contributed by atoms with E-state index in [1.807, 2.05) is 24.3 Å². The van der Waals surface area contributed by atoms with Gasteiger partial charge in [-0.2, -0.15) is 0 Å². The van der Waals surface area contributed by atoms with Crippen LogP contribution >= 0.6 is 11.3 Å². The number of carbonyl (C=O) groups is 2. The lowest BCUT2D eigenvalue weighted by Crippen LogP contribution is -2.24. The van der Waals surface area contributed by atoms with E-state index >= 15 is 0 Å². The quantitative estimate of drug-likeness (QED) is 0.444. The van der Waals surface area contributed by atoms with E-state index in [-0.39, 0.29) is 5.56 Å². The molecule has 0 spiro atoms. The Kier molecular flexibility index (Phi) is 5.84. The van der Waals surface area contributed by atoms with Crippen molar-refractivity contribution in [3.63, 3.8) is 0 Å². The minimum atomic E-state index is -0.996. The van der Waals surface area contributed by atoms with Crippen LogP contribution in [0, 0.1) is 12.7 Å². The highest BCUT2D eigenvalue weighted by molar-refractivity contribution is 7.17. The van der Waals surface area contributed by atoms with Crippen LogP contribution in [0.1, 0.15) is 32.6 Å². The van der Waals surface area contributed by atoms with Gasteiger partial charge < -0.3 is 9.47 Å². The zero-order chi connectivity index (χ0) is 20.3. The van der Waals surface area contributed by atoms with Gasteiger partial charge in [0.1, 0.15) is 21.5 Å². The molecule has 0 aliphatic rings. The number of methoxy groups -OCH3 is 1. The van der Waals surface area contributed by atoms with E-state index in [0.29, 0.717) is 15.6 Å². The third-order valence-corrected chi connectivity index (χ3v) is 5.29. The Hall–Kier alpha value is -3.06. The number of esters is 1.